The Balaban J connectivity index is 2.77. The van der Waals surface area contributed by atoms with E-state index < -0.39 is 0 Å². The number of carbonyl (C=O) groups is 1. The summed E-state index contributed by atoms with van der Waals surface area (Å²) in [4.78, 5) is 26.4. The van der Waals surface area contributed by atoms with Crippen molar-refractivity contribution in [3.05, 3.63) is 33.7 Å². The number of aryl methyl sites for hydroxylation is 1. The van der Waals surface area contributed by atoms with Crippen molar-refractivity contribution < 1.29 is 9.90 Å². The van der Waals surface area contributed by atoms with Crippen molar-refractivity contribution in [2.75, 3.05) is 13.2 Å². The molecule has 1 amide bonds. The second-order valence-electron chi connectivity index (χ2n) is 5.25. The highest BCUT2D eigenvalue weighted by molar-refractivity contribution is 5.93. The van der Waals surface area contributed by atoms with Gasteiger partial charge < -0.3 is 15.4 Å². The van der Waals surface area contributed by atoms with Gasteiger partial charge in [0.1, 0.15) is 5.56 Å². The van der Waals surface area contributed by atoms with Gasteiger partial charge >= 0.3 is 0 Å². The van der Waals surface area contributed by atoms with E-state index in [9.17, 15) is 9.59 Å². The van der Waals surface area contributed by atoms with Gasteiger partial charge in [-0.2, -0.15) is 0 Å². The fraction of sp³-hybridized carbons (Fsp3) is 0.600. The van der Waals surface area contributed by atoms with Crippen LogP contribution in [0.1, 0.15) is 49.2 Å². The molecule has 0 radical (unpaired) electrons. The number of hydrogen-bond acceptors (Lipinski definition) is 3. The summed E-state index contributed by atoms with van der Waals surface area (Å²) in [6, 6.07) is 3.24. The smallest absolute Gasteiger partial charge is 0.260 e. The van der Waals surface area contributed by atoms with Crippen LogP contribution in [0.4, 0.5) is 0 Å². The average Bonchev–Trinajstić information content (AvgIpc) is 2.43. The van der Waals surface area contributed by atoms with Crippen LogP contribution in [-0.2, 0) is 0 Å². The molecule has 0 saturated heterocycles. The lowest BCUT2D eigenvalue weighted by Crippen LogP contribution is -2.39. The molecule has 1 rings (SSSR count). The zero-order valence-corrected chi connectivity index (χ0v) is 12.5. The first kappa shape index (κ1) is 16.4. The Morgan fingerprint density at radius 3 is 2.50 bits per heavy atom. The highest BCUT2D eigenvalue weighted by Crippen LogP contribution is 2.29. The molecule has 0 aliphatic carbocycles. The molecule has 112 valence electrons. The molecule has 20 heavy (non-hydrogen) atoms. The SMILES string of the molecule is CCC(CC)(CCO)CNC(=O)c1ccc(C)[nH]c1=O. The van der Waals surface area contributed by atoms with Crippen LogP contribution in [0.25, 0.3) is 0 Å². The van der Waals surface area contributed by atoms with Crippen LogP contribution in [0.15, 0.2) is 16.9 Å². The summed E-state index contributed by atoms with van der Waals surface area (Å²) in [5.41, 5.74) is 0.370. The molecular formula is C15H24N2O3. The molecule has 0 aliphatic rings. The van der Waals surface area contributed by atoms with E-state index in [2.05, 4.69) is 10.3 Å². The molecule has 0 aromatic carbocycles. The third-order valence-corrected chi connectivity index (χ3v) is 4.07. The van der Waals surface area contributed by atoms with Gasteiger partial charge in [-0.05, 0) is 43.7 Å². The summed E-state index contributed by atoms with van der Waals surface area (Å²) in [6.07, 6.45) is 2.38. The molecule has 0 unspecified atom stereocenters. The van der Waals surface area contributed by atoms with Crippen LogP contribution in [0.3, 0.4) is 0 Å². The van der Waals surface area contributed by atoms with Gasteiger partial charge in [0.25, 0.3) is 11.5 Å². The summed E-state index contributed by atoms with van der Waals surface area (Å²) >= 11 is 0. The van der Waals surface area contributed by atoms with Crippen molar-refractivity contribution in [3.8, 4) is 0 Å². The first-order valence-electron chi connectivity index (χ1n) is 7.07. The number of hydrogen-bond donors (Lipinski definition) is 3. The Morgan fingerprint density at radius 2 is 2.00 bits per heavy atom. The zero-order chi connectivity index (χ0) is 15.2. The monoisotopic (exact) mass is 280 g/mol. The van der Waals surface area contributed by atoms with Gasteiger partial charge in [0.05, 0.1) is 0 Å². The lowest BCUT2D eigenvalue weighted by molar-refractivity contribution is 0.0905. The Hall–Kier alpha value is -1.62. The van der Waals surface area contributed by atoms with Crippen molar-refractivity contribution >= 4 is 5.91 Å². The van der Waals surface area contributed by atoms with E-state index in [0.717, 1.165) is 18.5 Å². The average molecular weight is 280 g/mol. The van der Waals surface area contributed by atoms with E-state index >= 15 is 0 Å². The van der Waals surface area contributed by atoms with Crippen molar-refractivity contribution in [2.45, 2.75) is 40.0 Å². The maximum atomic E-state index is 12.1. The number of rotatable bonds is 7. The quantitative estimate of drug-likeness (QED) is 0.709. The van der Waals surface area contributed by atoms with Crippen molar-refractivity contribution in [1.82, 2.24) is 10.3 Å². The first-order chi connectivity index (χ1) is 9.48. The molecule has 5 heteroatoms. The molecule has 3 N–H and O–H groups in total. The van der Waals surface area contributed by atoms with Gasteiger partial charge in [0.15, 0.2) is 0 Å². The molecule has 0 atom stereocenters. The highest BCUT2D eigenvalue weighted by Gasteiger charge is 2.26. The van der Waals surface area contributed by atoms with E-state index in [1.165, 1.54) is 6.07 Å². The maximum absolute atomic E-state index is 12.1. The maximum Gasteiger partial charge on any atom is 0.260 e. The molecule has 0 bridgehead atoms. The zero-order valence-electron chi connectivity index (χ0n) is 12.5. The van der Waals surface area contributed by atoms with Gasteiger partial charge in [-0.3, -0.25) is 9.59 Å². The molecule has 1 aromatic rings. The fourth-order valence-corrected chi connectivity index (χ4v) is 2.29. The minimum absolute atomic E-state index is 0.0999. The minimum Gasteiger partial charge on any atom is -0.396 e. The van der Waals surface area contributed by atoms with Crippen LogP contribution >= 0.6 is 0 Å². The van der Waals surface area contributed by atoms with Gasteiger partial charge in [-0.25, -0.2) is 0 Å². The lowest BCUT2D eigenvalue weighted by Gasteiger charge is -2.31. The van der Waals surface area contributed by atoms with Crippen LogP contribution in [-0.4, -0.2) is 29.1 Å². The fourth-order valence-electron chi connectivity index (χ4n) is 2.29. The summed E-state index contributed by atoms with van der Waals surface area (Å²) in [5.74, 6) is -0.365. The van der Waals surface area contributed by atoms with Gasteiger partial charge in [0, 0.05) is 18.8 Å². The lowest BCUT2D eigenvalue weighted by atomic mass is 9.79. The van der Waals surface area contributed by atoms with E-state index in [4.69, 9.17) is 5.11 Å². The van der Waals surface area contributed by atoms with Gasteiger partial charge in [-0.15, -0.1) is 0 Å². The van der Waals surface area contributed by atoms with Crippen molar-refractivity contribution in [1.29, 1.82) is 0 Å². The first-order valence-corrected chi connectivity index (χ1v) is 7.07. The minimum atomic E-state index is -0.372. The van der Waals surface area contributed by atoms with Crippen molar-refractivity contribution in [2.24, 2.45) is 5.41 Å². The van der Waals surface area contributed by atoms with E-state index in [0.29, 0.717) is 13.0 Å². The molecule has 0 spiro atoms. The standard InChI is InChI=1S/C15H24N2O3/c1-4-15(5-2,8-9-18)10-16-13(19)12-7-6-11(3)17-14(12)20/h6-7,18H,4-5,8-10H2,1-3H3,(H,16,19)(H,17,20). The number of aliphatic hydroxyl groups is 1. The summed E-state index contributed by atoms with van der Waals surface area (Å²) in [6.45, 7) is 6.42. The third kappa shape index (κ3) is 3.93. The normalized spacial score (nSPS) is 11.4. The van der Waals surface area contributed by atoms with Crippen LogP contribution in [0.5, 0.6) is 0 Å². The molecule has 0 saturated carbocycles. The second kappa shape index (κ2) is 7.24. The summed E-state index contributed by atoms with van der Waals surface area (Å²) in [5, 5.41) is 12.0. The molecule has 5 nitrogen and oxygen atoms in total. The summed E-state index contributed by atoms with van der Waals surface area (Å²) in [7, 11) is 0. The largest absolute Gasteiger partial charge is 0.396 e. The molecule has 1 heterocycles. The topological polar surface area (TPSA) is 82.2 Å². The number of aliphatic hydroxyl groups excluding tert-OH is 1. The molecule has 1 aromatic heterocycles. The summed E-state index contributed by atoms with van der Waals surface area (Å²) < 4.78 is 0. The predicted molar refractivity (Wildman–Crippen MR) is 78.9 cm³/mol. The Kier molecular flexibility index (Phi) is 5.95. The van der Waals surface area contributed by atoms with Gasteiger partial charge in [-0.1, -0.05) is 13.8 Å². The second-order valence-corrected chi connectivity index (χ2v) is 5.25. The molecule has 0 aliphatic heterocycles. The van der Waals surface area contributed by atoms with Crippen LogP contribution < -0.4 is 10.9 Å². The Bertz CT molecular complexity index is 504. The predicted octanol–water partition coefficient (Wildman–Crippen LogP) is 1.60. The number of aromatic nitrogens is 1. The van der Waals surface area contributed by atoms with Gasteiger partial charge in [0.2, 0.25) is 0 Å². The number of aromatic amines is 1. The van der Waals surface area contributed by atoms with Crippen molar-refractivity contribution in [3.63, 3.8) is 0 Å². The number of amides is 1. The van der Waals surface area contributed by atoms with Crippen LogP contribution in [0, 0.1) is 12.3 Å². The Morgan fingerprint density at radius 1 is 1.35 bits per heavy atom. The number of carbonyl (C=O) groups excluding carboxylic acids is 1. The third-order valence-electron chi connectivity index (χ3n) is 4.07. The van der Waals surface area contributed by atoms with E-state index in [-0.39, 0.29) is 29.1 Å². The van der Waals surface area contributed by atoms with Crippen LogP contribution in [0.2, 0.25) is 0 Å². The Labute approximate surface area is 119 Å². The van der Waals surface area contributed by atoms with E-state index in [1.807, 2.05) is 13.8 Å². The molecular weight excluding hydrogens is 256 g/mol. The van der Waals surface area contributed by atoms with E-state index in [1.54, 1.807) is 13.0 Å². The number of nitrogens with one attached hydrogen (secondary N) is 2. The highest BCUT2D eigenvalue weighted by atomic mass is 16.3. The number of pyridine rings is 1. The number of H-pyrrole nitrogens is 1. The molecule has 0 fully saturated rings.